The van der Waals surface area contributed by atoms with Gasteiger partial charge in [0.15, 0.2) is 0 Å². The second kappa shape index (κ2) is 5.19. The Hall–Kier alpha value is -1.63. The lowest BCUT2D eigenvalue weighted by Gasteiger charge is -2.26. The molecule has 3 aliphatic heterocycles. The molecule has 1 aliphatic carbocycles. The molecule has 7 nitrogen and oxygen atoms in total. The molecule has 3 unspecified atom stereocenters. The van der Waals surface area contributed by atoms with Crippen molar-refractivity contribution in [3.05, 3.63) is 0 Å². The first-order valence-electron chi connectivity index (χ1n) is 8.65. The molecule has 0 spiro atoms. The Morgan fingerprint density at radius 3 is 2.65 bits per heavy atom. The molecule has 7 heteroatoms. The second-order valence-corrected chi connectivity index (χ2v) is 7.56. The van der Waals surface area contributed by atoms with Gasteiger partial charge in [-0.3, -0.25) is 14.5 Å². The molecule has 0 aromatic carbocycles. The van der Waals surface area contributed by atoms with Crippen LogP contribution in [-0.2, 0) is 9.59 Å². The van der Waals surface area contributed by atoms with Gasteiger partial charge in [-0.05, 0) is 44.9 Å². The summed E-state index contributed by atoms with van der Waals surface area (Å²) < 4.78 is 0. The number of nitrogens with zero attached hydrogens (tertiary/aromatic N) is 2. The minimum absolute atomic E-state index is 0.122. The fraction of sp³-hybridized carbons (Fsp3) is 0.812. The van der Waals surface area contributed by atoms with Crippen LogP contribution < -0.4 is 10.6 Å². The van der Waals surface area contributed by atoms with Gasteiger partial charge < -0.3 is 15.5 Å². The van der Waals surface area contributed by atoms with Crippen molar-refractivity contribution in [2.75, 3.05) is 19.6 Å². The van der Waals surface area contributed by atoms with Gasteiger partial charge in [-0.2, -0.15) is 0 Å². The summed E-state index contributed by atoms with van der Waals surface area (Å²) in [6, 6.07) is 0.436. The quantitative estimate of drug-likeness (QED) is 0.721. The van der Waals surface area contributed by atoms with E-state index in [-0.39, 0.29) is 24.3 Å². The predicted molar refractivity (Wildman–Crippen MR) is 82.5 cm³/mol. The van der Waals surface area contributed by atoms with Crippen molar-refractivity contribution in [1.29, 1.82) is 0 Å². The van der Waals surface area contributed by atoms with Gasteiger partial charge in [0.05, 0.1) is 0 Å². The first-order chi connectivity index (χ1) is 11.0. The molecule has 3 saturated heterocycles. The van der Waals surface area contributed by atoms with Crippen LogP contribution in [0.2, 0.25) is 0 Å². The summed E-state index contributed by atoms with van der Waals surface area (Å²) in [4.78, 5) is 40.3. The number of hydrogen-bond donors (Lipinski definition) is 2. The fourth-order valence-corrected chi connectivity index (χ4v) is 4.20. The molecule has 23 heavy (non-hydrogen) atoms. The number of carbonyl (C=O) groups is 3. The highest BCUT2D eigenvalue weighted by Gasteiger charge is 2.56. The summed E-state index contributed by atoms with van der Waals surface area (Å²) >= 11 is 0. The molecule has 3 heterocycles. The molecular weight excluding hydrogens is 296 g/mol. The lowest BCUT2D eigenvalue weighted by atomic mass is 9.96. The third-order valence-corrected chi connectivity index (χ3v) is 5.86. The van der Waals surface area contributed by atoms with E-state index in [9.17, 15) is 14.4 Å². The first kappa shape index (κ1) is 14.9. The Labute approximate surface area is 135 Å². The van der Waals surface area contributed by atoms with E-state index in [4.69, 9.17) is 0 Å². The van der Waals surface area contributed by atoms with Crippen molar-refractivity contribution < 1.29 is 14.4 Å². The van der Waals surface area contributed by atoms with Crippen LogP contribution in [0.25, 0.3) is 0 Å². The highest BCUT2D eigenvalue weighted by molar-refractivity contribution is 6.09. The average molecular weight is 320 g/mol. The first-order valence-corrected chi connectivity index (χ1v) is 8.65. The number of hydrogen-bond acceptors (Lipinski definition) is 4. The van der Waals surface area contributed by atoms with Crippen molar-refractivity contribution in [3.63, 3.8) is 0 Å². The van der Waals surface area contributed by atoms with Crippen molar-refractivity contribution in [2.24, 2.45) is 5.92 Å². The molecule has 0 aromatic heterocycles. The van der Waals surface area contributed by atoms with Gasteiger partial charge in [0.1, 0.15) is 12.1 Å². The molecule has 4 fully saturated rings. The zero-order chi connectivity index (χ0) is 16.2. The molecule has 4 rings (SSSR count). The van der Waals surface area contributed by atoms with Crippen LogP contribution in [-0.4, -0.2) is 64.9 Å². The number of imide groups is 1. The molecular formula is C16H24N4O3. The number of urea groups is 1. The molecule has 2 N–H and O–H groups in total. The standard InChI is InChI=1S/C16H24N4O3/c1-16(10-2-3-10)14(22)20(15(23)18-16)9-13(21)19-7-6-11-4-5-12(8-19)17-11/h10-12,17H,2-9H2,1H3,(H,18,23). The van der Waals surface area contributed by atoms with E-state index in [1.807, 2.05) is 4.90 Å². The maximum atomic E-state index is 12.6. The van der Waals surface area contributed by atoms with Gasteiger partial charge in [-0.1, -0.05) is 0 Å². The lowest BCUT2D eigenvalue weighted by Crippen LogP contribution is -2.48. The van der Waals surface area contributed by atoms with Crippen LogP contribution in [0.4, 0.5) is 4.79 Å². The molecule has 0 aromatic rings. The lowest BCUT2D eigenvalue weighted by molar-refractivity contribution is -0.139. The zero-order valence-corrected chi connectivity index (χ0v) is 13.5. The van der Waals surface area contributed by atoms with E-state index in [0.717, 1.165) is 30.6 Å². The predicted octanol–water partition coefficient (Wildman–Crippen LogP) is 0.0598. The molecule has 0 radical (unpaired) electrons. The molecule has 4 amide bonds. The van der Waals surface area contributed by atoms with Crippen LogP contribution in [0.15, 0.2) is 0 Å². The van der Waals surface area contributed by atoms with Crippen molar-refractivity contribution in [3.8, 4) is 0 Å². The van der Waals surface area contributed by atoms with Crippen LogP contribution in [0.1, 0.15) is 39.0 Å². The Bertz CT molecular complexity index is 562. The van der Waals surface area contributed by atoms with Crippen LogP contribution in [0.5, 0.6) is 0 Å². The maximum absolute atomic E-state index is 12.6. The Kier molecular flexibility index (Phi) is 3.37. The highest BCUT2D eigenvalue weighted by Crippen LogP contribution is 2.42. The van der Waals surface area contributed by atoms with Crippen LogP contribution >= 0.6 is 0 Å². The Morgan fingerprint density at radius 1 is 1.17 bits per heavy atom. The van der Waals surface area contributed by atoms with Crippen molar-refractivity contribution in [2.45, 2.75) is 56.7 Å². The third kappa shape index (κ3) is 2.51. The van der Waals surface area contributed by atoms with Crippen LogP contribution in [0, 0.1) is 5.92 Å². The summed E-state index contributed by atoms with van der Waals surface area (Å²) in [5.74, 6) is -0.145. The number of carbonyl (C=O) groups excluding carboxylic acids is 3. The van der Waals surface area contributed by atoms with Crippen molar-refractivity contribution in [1.82, 2.24) is 20.4 Å². The smallest absolute Gasteiger partial charge is 0.325 e. The summed E-state index contributed by atoms with van der Waals surface area (Å²) in [6.45, 7) is 3.03. The number of likely N-dealkylation sites (tertiary alicyclic amines) is 1. The van der Waals surface area contributed by atoms with Crippen LogP contribution in [0.3, 0.4) is 0 Å². The highest BCUT2D eigenvalue weighted by atomic mass is 16.2. The van der Waals surface area contributed by atoms with E-state index in [0.29, 0.717) is 25.2 Å². The molecule has 3 atom stereocenters. The zero-order valence-electron chi connectivity index (χ0n) is 13.5. The van der Waals surface area contributed by atoms with Gasteiger partial charge >= 0.3 is 6.03 Å². The summed E-state index contributed by atoms with van der Waals surface area (Å²) in [7, 11) is 0. The number of rotatable bonds is 3. The second-order valence-electron chi connectivity index (χ2n) is 7.56. The summed E-state index contributed by atoms with van der Waals surface area (Å²) in [5, 5.41) is 6.33. The van der Waals surface area contributed by atoms with E-state index < -0.39 is 11.6 Å². The number of amides is 4. The number of nitrogens with one attached hydrogen (secondary N) is 2. The Morgan fingerprint density at radius 2 is 1.91 bits per heavy atom. The monoisotopic (exact) mass is 320 g/mol. The van der Waals surface area contributed by atoms with E-state index in [1.165, 1.54) is 6.42 Å². The minimum Gasteiger partial charge on any atom is -0.340 e. The van der Waals surface area contributed by atoms with Gasteiger partial charge in [0, 0.05) is 25.2 Å². The van der Waals surface area contributed by atoms with E-state index in [1.54, 1.807) is 6.92 Å². The van der Waals surface area contributed by atoms with Gasteiger partial charge in [-0.15, -0.1) is 0 Å². The minimum atomic E-state index is -0.809. The van der Waals surface area contributed by atoms with Crippen molar-refractivity contribution >= 4 is 17.8 Å². The topological polar surface area (TPSA) is 81.8 Å². The number of fused-ring (bicyclic) bond motifs is 2. The summed E-state index contributed by atoms with van der Waals surface area (Å²) in [5.41, 5.74) is -0.809. The average Bonchev–Trinajstić information content (AvgIpc) is 3.25. The Balaban J connectivity index is 1.42. The largest absolute Gasteiger partial charge is 0.340 e. The SMILES string of the molecule is CC1(C2CC2)NC(=O)N(CC(=O)N2CCC3CCC(C2)N3)C1=O. The fourth-order valence-electron chi connectivity index (χ4n) is 4.20. The normalized spacial score (nSPS) is 37.1. The molecule has 4 aliphatic rings. The van der Waals surface area contributed by atoms with Gasteiger partial charge in [0.2, 0.25) is 5.91 Å². The molecule has 2 bridgehead atoms. The molecule has 126 valence electrons. The van der Waals surface area contributed by atoms with Gasteiger partial charge in [-0.25, -0.2) is 4.79 Å². The summed E-state index contributed by atoms with van der Waals surface area (Å²) in [6.07, 6.45) is 5.15. The van der Waals surface area contributed by atoms with E-state index >= 15 is 0 Å². The third-order valence-electron chi connectivity index (χ3n) is 5.86. The maximum Gasteiger partial charge on any atom is 0.325 e. The van der Waals surface area contributed by atoms with E-state index in [2.05, 4.69) is 10.6 Å². The van der Waals surface area contributed by atoms with Gasteiger partial charge in [0.25, 0.3) is 5.91 Å². The molecule has 1 saturated carbocycles.